The third-order valence-corrected chi connectivity index (χ3v) is 1.28. The van der Waals surface area contributed by atoms with Crippen molar-refractivity contribution in [2.75, 3.05) is 23.0 Å². The molecule has 0 aliphatic heterocycles. The first-order valence-electron chi connectivity index (χ1n) is 2.73. The van der Waals surface area contributed by atoms with Crippen LogP contribution in [0, 0.1) is 0 Å². The molecule has 0 radical (unpaired) electrons. The van der Waals surface area contributed by atoms with Crippen LogP contribution in [0.5, 0.6) is 0 Å². The third kappa shape index (κ3) is 3.78. The van der Waals surface area contributed by atoms with Gasteiger partial charge in [-0.3, -0.25) is 11.6 Å². The third-order valence-electron chi connectivity index (χ3n) is 1.28. The van der Waals surface area contributed by atoms with Gasteiger partial charge in [0.1, 0.15) is 11.9 Å². The molecule has 1 heterocycles. The Bertz CT molecular complexity index is 237. The van der Waals surface area contributed by atoms with Gasteiger partial charge in [0.25, 0.3) is 0 Å². The van der Waals surface area contributed by atoms with E-state index < -0.39 is 0 Å². The number of rotatable bonds is 0. The van der Waals surface area contributed by atoms with Crippen LogP contribution in [-0.2, 0) is 0 Å². The Kier molecular flexibility index (Phi) is 9.35. The van der Waals surface area contributed by atoms with Crippen LogP contribution in [0.3, 0.4) is 0 Å². The SMILES string of the molecule is Nc1cc[n+](N)c(N)c1N.[K+].[K+]. The summed E-state index contributed by atoms with van der Waals surface area (Å²) in [7, 11) is 0. The maximum Gasteiger partial charge on any atom is 1.00 e. The quantitative estimate of drug-likeness (QED) is 0.197. The standard InChI is InChI=1S/C5H9N5.2K/c6-3-1-2-10(9)5(8)4(3)7;;/h1-2H,7,9H2,(H3,6,8);;/q;2*+1/p+1. The van der Waals surface area contributed by atoms with Crippen LogP contribution >= 0.6 is 0 Å². The van der Waals surface area contributed by atoms with Gasteiger partial charge in [-0.2, -0.15) is 0 Å². The molecule has 0 atom stereocenters. The van der Waals surface area contributed by atoms with Crippen molar-refractivity contribution in [1.29, 1.82) is 0 Å². The number of nitrogens with two attached hydrogens (primary N) is 4. The summed E-state index contributed by atoms with van der Waals surface area (Å²) < 4.78 is 1.21. The number of hydrogen-bond acceptors (Lipinski definition) is 4. The minimum absolute atomic E-state index is 0. The maximum absolute atomic E-state index is 5.43. The van der Waals surface area contributed by atoms with E-state index in [1.807, 2.05) is 0 Å². The number of aromatic nitrogens is 1. The van der Waals surface area contributed by atoms with Gasteiger partial charge in [0.2, 0.25) is 0 Å². The van der Waals surface area contributed by atoms with E-state index in [2.05, 4.69) is 0 Å². The Morgan fingerprint density at radius 1 is 1.08 bits per heavy atom. The smallest absolute Gasteiger partial charge is 0.397 e. The summed E-state index contributed by atoms with van der Waals surface area (Å²) in [5.41, 5.74) is 17.0. The Morgan fingerprint density at radius 2 is 1.58 bits per heavy atom. The molecule has 0 aromatic carbocycles. The zero-order valence-electron chi connectivity index (χ0n) is 7.41. The minimum atomic E-state index is 0. The molecule has 0 unspecified atom stereocenters. The van der Waals surface area contributed by atoms with Crippen LogP contribution in [0.25, 0.3) is 0 Å². The molecular formula is C5H10K2N5+3. The van der Waals surface area contributed by atoms with Gasteiger partial charge in [0, 0.05) is 6.07 Å². The molecule has 1 rings (SSSR count). The second kappa shape index (κ2) is 6.99. The second-order valence-electron chi connectivity index (χ2n) is 1.98. The van der Waals surface area contributed by atoms with Crippen LogP contribution in [-0.4, -0.2) is 0 Å². The number of anilines is 3. The van der Waals surface area contributed by atoms with E-state index in [9.17, 15) is 0 Å². The molecule has 0 spiro atoms. The minimum Gasteiger partial charge on any atom is -0.397 e. The van der Waals surface area contributed by atoms with Crippen molar-refractivity contribution in [1.82, 2.24) is 0 Å². The average molecular weight is 218 g/mol. The van der Waals surface area contributed by atoms with Crippen LogP contribution in [0.2, 0.25) is 0 Å². The normalized spacial score (nSPS) is 8.00. The van der Waals surface area contributed by atoms with Crippen molar-refractivity contribution >= 4 is 17.2 Å². The van der Waals surface area contributed by atoms with Gasteiger partial charge in [0.05, 0.1) is 5.69 Å². The fraction of sp³-hybridized carbons (Fsp3) is 0. The second-order valence-corrected chi connectivity index (χ2v) is 1.98. The van der Waals surface area contributed by atoms with Gasteiger partial charge in [-0.15, -0.1) is 4.68 Å². The maximum atomic E-state index is 5.43. The first-order chi connectivity index (χ1) is 4.63. The van der Waals surface area contributed by atoms with Crippen molar-refractivity contribution in [2.45, 2.75) is 0 Å². The number of nitrogen functional groups attached to an aromatic ring is 4. The molecule has 0 aliphatic rings. The van der Waals surface area contributed by atoms with Gasteiger partial charge < -0.3 is 11.5 Å². The fourth-order valence-electron chi connectivity index (χ4n) is 0.618. The monoisotopic (exact) mass is 218 g/mol. The largest absolute Gasteiger partial charge is 1.00 e. The molecule has 0 saturated heterocycles. The van der Waals surface area contributed by atoms with E-state index in [1.54, 1.807) is 12.3 Å². The predicted octanol–water partition coefficient (Wildman–Crippen LogP) is -7.56. The molecule has 1 aromatic rings. The summed E-state index contributed by atoms with van der Waals surface area (Å²) in [4.78, 5) is 0. The van der Waals surface area contributed by atoms with Crippen molar-refractivity contribution < 1.29 is 107 Å². The van der Waals surface area contributed by atoms with E-state index in [0.717, 1.165) is 0 Å². The van der Waals surface area contributed by atoms with E-state index in [-0.39, 0.29) is 109 Å². The van der Waals surface area contributed by atoms with Crippen LogP contribution in [0.4, 0.5) is 17.2 Å². The van der Waals surface area contributed by atoms with Crippen LogP contribution in [0.1, 0.15) is 0 Å². The number of hydrogen-bond donors (Lipinski definition) is 4. The predicted molar refractivity (Wildman–Crippen MR) is 40.0 cm³/mol. The van der Waals surface area contributed by atoms with Gasteiger partial charge in [-0.05, 0) is 0 Å². The Morgan fingerprint density at radius 3 is 2.00 bits per heavy atom. The van der Waals surface area contributed by atoms with Gasteiger partial charge in [0.15, 0.2) is 0 Å². The first kappa shape index (κ1) is 16.1. The zero-order chi connectivity index (χ0) is 7.72. The summed E-state index contributed by atoms with van der Waals surface area (Å²) in [5.74, 6) is 5.62. The van der Waals surface area contributed by atoms with Crippen LogP contribution in [0.15, 0.2) is 12.3 Å². The molecular weight excluding hydrogens is 208 g/mol. The van der Waals surface area contributed by atoms with Crippen molar-refractivity contribution in [3.63, 3.8) is 0 Å². The molecule has 0 amide bonds. The molecule has 54 valence electrons. The molecule has 7 heteroatoms. The molecule has 12 heavy (non-hydrogen) atoms. The summed E-state index contributed by atoms with van der Waals surface area (Å²) in [6.45, 7) is 0. The van der Waals surface area contributed by atoms with E-state index in [4.69, 9.17) is 23.0 Å². The topological polar surface area (TPSA) is 108 Å². The molecule has 5 nitrogen and oxygen atoms in total. The van der Waals surface area contributed by atoms with E-state index >= 15 is 0 Å². The summed E-state index contributed by atoms with van der Waals surface area (Å²) in [6.07, 6.45) is 1.54. The van der Waals surface area contributed by atoms with Gasteiger partial charge in [-0.1, -0.05) is 0 Å². The summed E-state index contributed by atoms with van der Waals surface area (Å²) in [6, 6.07) is 1.59. The van der Waals surface area contributed by atoms with Crippen molar-refractivity contribution in [3.8, 4) is 0 Å². The molecule has 0 saturated carbocycles. The van der Waals surface area contributed by atoms with E-state index in [0.29, 0.717) is 11.4 Å². The van der Waals surface area contributed by atoms with Crippen molar-refractivity contribution in [2.24, 2.45) is 0 Å². The van der Waals surface area contributed by atoms with Gasteiger partial charge in [-0.25, -0.2) is 0 Å². The van der Waals surface area contributed by atoms with Crippen molar-refractivity contribution in [3.05, 3.63) is 12.3 Å². The number of nitrogens with zero attached hydrogens (tertiary/aromatic N) is 1. The molecule has 0 aliphatic carbocycles. The fourth-order valence-corrected chi connectivity index (χ4v) is 0.618. The zero-order valence-corrected chi connectivity index (χ0v) is 13.7. The van der Waals surface area contributed by atoms with E-state index in [1.165, 1.54) is 4.68 Å². The molecule has 8 N–H and O–H groups in total. The average Bonchev–Trinajstić information content (AvgIpc) is 1.93. The Labute approximate surface area is 156 Å². The molecule has 0 bridgehead atoms. The van der Waals surface area contributed by atoms with Gasteiger partial charge >= 0.3 is 109 Å². The Hall–Kier alpha value is 1.62. The van der Waals surface area contributed by atoms with Crippen LogP contribution < -0.4 is 130 Å². The summed E-state index contributed by atoms with van der Waals surface area (Å²) in [5, 5.41) is 0. The Balaban J connectivity index is 0. The summed E-state index contributed by atoms with van der Waals surface area (Å²) >= 11 is 0. The molecule has 1 aromatic heterocycles. The molecule has 0 fully saturated rings. The first-order valence-corrected chi connectivity index (χ1v) is 2.73. The number of pyridine rings is 1.